The van der Waals surface area contributed by atoms with Gasteiger partial charge in [-0.1, -0.05) is 109 Å². The van der Waals surface area contributed by atoms with Gasteiger partial charge in [-0.05, 0) is 35.1 Å². The quantitative estimate of drug-likeness (QED) is 0.269. The zero-order chi connectivity index (χ0) is 22.2. The summed E-state index contributed by atoms with van der Waals surface area (Å²) >= 11 is 0. The first-order valence-corrected chi connectivity index (χ1v) is 11.2. The summed E-state index contributed by atoms with van der Waals surface area (Å²) in [5.74, 6) is 0. The zero-order valence-electron chi connectivity index (χ0n) is 18.4. The Morgan fingerprint density at radius 2 is 1.09 bits per heavy atom. The summed E-state index contributed by atoms with van der Waals surface area (Å²) in [6.07, 6.45) is 0. The van der Waals surface area contributed by atoms with E-state index in [-0.39, 0.29) is 0 Å². The molecule has 1 heterocycles. The van der Waals surface area contributed by atoms with Crippen molar-refractivity contribution in [1.29, 1.82) is 0 Å². The van der Waals surface area contributed by atoms with Crippen LogP contribution in [0.1, 0.15) is 5.69 Å². The lowest BCUT2D eigenvalue weighted by atomic mass is 9.91. The van der Waals surface area contributed by atoms with E-state index in [1.165, 1.54) is 16.5 Å². The molecule has 0 fully saturated rings. The SMILES string of the molecule is Cc1nc2c(nc1-c1ccccc1)c(-c1ccccc1-c1ccccc1)cc1ccccc12. The fourth-order valence-corrected chi connectivity index (χ4v) is 4.62. The van der Waals surface area contributed by atoms with Crippen LogP contribution in [0.2, 0.25) is 0 Å². The van der Waals surface area contributed by atoms with Crippen LogP contribution in [0.25, 0.3) is 55.3 Å². The van der Waals surface area contributed by atoms with E-state index in [4.69, 9.17) is 9.97 Å². The summed E-state index contributed by atoms with van der Waals surface area (Å²) in [4.78, 5) is 10.3. The fraction of sp³-hybridized carbons (Fsp3) is 0.0323. The maximum absolute atomic E-state index is 5.24. The van der Waals surface area contributed by atoms with Crippen molar-refractivity contribution in [3.63, 3.8) is 0 Å². The molecule has 1 aromatic heterocycles. The monoisotopic (exact) mass is 422 g/mol. The van der Waals surface area contributed by atoms with Crippen molar-refractivity contribution in [1.82, 2.24) is 9.97 Å². The molecular formula is C31H22N2. The van der Waals surface area contributed by atoms with Gasteiger partial charge in [0, 0.05) is 16.5 Å². The lowest BCUT2D eigenvalue weighted by molar-refractivity contribution is 1.19. The van der Waals surface area contributed by atoms with Gasteiger partial charge in [-0.25, -0.2) is 9.97 Å². The standard InChI is InChI=1S/C31H22N2/c1-21-29(23-14-6-3-7-15-23)33-31-28(20-24-16-8-9-18-26(24)30(31)32-21)27-19-11-10-17-25(27)22-12-4-2-5-13-22/h2-20H,1H3. The second kappa shape index (κ2) is 7.99. The molecule has 6 aromatic rings. The minimum Gasteiger partial charge on any atom is -0.249 e. The van der Waals surface area contributed by atoms with Crippen molar-refractivity contribution in [2.75, 3.05) is 0 Å². The van der Waals surface area contributed by atoms with Gasteiger partial charge in [0.1, 0.15) is 0 Å². The number of aryl methyl sites for hydroxylation is 1. The summed E-state index contributed by atoms with van der Waals surface area (Å²) in [5.41, 5.74) is 9.48. The lowest BCUT2D eigenvalue weighted by Gasteiger charge is -2.16. The molecule has 0 aliphatic rings. The van der Waals surface area contributed by atoms with Crippen molar-refractivity contribution in [2.45, 2.75) is 6.92 Å². The predicted molar refractivity (Wildman–Crippen MR) is 138 cm³/mol. The first-order valence-electron chi connectivity index (χ1n) is 11.2. The van der Waals surface area contributed by atoms with Crippen molar-refractivity contribution in [2.24, 2.45) is 0 Å². The van der Waals surface area contributed by atoms with Crippen LogP contribution in [0.15, 0.2) is 115 Å². The molecule has 2 heteroatoms. The van der Waals surface area contributed by atoms with Crippen LogP contribution in [0, 0.1) is 6.92 Å². The summed E-state index contributed by atoms with van der Waals surface area (Å²) < 4.78 is 0. The highest BCUT2D eigenvalue weighted by Gasteiger charge is 2.17. The maximum Gasteiger partial charge on any atom is 0.0979 e. The van der Waals surface area contributed by atoms with Gasteiger partial charge in [0.15, 0.2) is 0 Å². The molecule has 0 saturated heterocycles. The Kier molecular flexibility index (Phi) is 4.70. The molecule has 0 atom stereocenters. The molecule has 0 spiro atoms. The Bertz CT molecular complexity index is 1600. The molecule has 0 saturated carbocycles. The van der Waals surface area contributed by atoms with Crippen molar-refractivity contribution in [3.05, 3.63) is 121 Å². The Morgan fingerprint density at radius 3 is 1.85 bits per heavy atom. The maximum atomic E-state index is 5.24. The van der Waals surface area contributed by atoms with Crippen LogP contribution in [0.3, 0.4) is 0 Å². The normalized spacial score (nSPS) is 11.2. The van der Waals surface area contributed by atoms with E-state index in [2.05, 4.69) is 97.1 Å². The minimum absolute atomic E-state index is 0.928. The molecule has 5 aromatic carbocycles. The Morgan fingerprint density at radius 1 is 0.485 bits per heavy atom. The summed E-state index contributed by atoms with van der Waals surface area (Å²) in [7, 11) is 0. The topological polar surface area (TPSA) is 25.8 Å². The van der Waals surface area contributed by atoms with Crippen LogP contribution in [-0.4, -0.2) is 9.97 Å². The van der Waals surface area contributed by atoms with Crippen LogP contribution in [0.4, 0.5) is 0 Å². The summed E-state index contributed by atoms with van der Waals surface area (Å²) in [5, 5.41) is 2.30. The first-order chi connectivity index (χ1) is 16.3. The number of aromatic nitrogens is 2. The number of hydrogen-bond acceptors (Lipinski definition) is 2. The Labute approximate surface area is 193 Å². The fourth-order valence-electron chi connectivity index (χ4n) is 4.62. The first kappa shape index (κ1) is 19.4. The largest absolute Gasteiger partial charge is 0.249 e. The molecule has 0 amide bonds. The van der Waals surface area contributed by atoms with Crippen LogP contribution in [-0.2, 0) is 0 Å². The van der Waals surface area contributed by atoms with E-state index in [1.54, 1.807) is 0 Å². The van der Waals surface area contributed by atoms with Gasteiger partial charge in [-0.2, -0.15) is 0 Å². The second-order valence-electron chi connectivity index (χ2n) is 8.28. The molecule has 0 aliphatic heterocycles. The highest BCUT2D eigenvalue weighted by molar-refractivity contribution is 6.12. The highest BCUT2D eigenvalue weighted by atomic mass is 14.8. The third-order valence-corrected chi connectivity index (χ3v) is 6.19. The van der Waals surface area contributed by atoms with Gasteiger partial charge in [-0.3, -0.25) is 0 Å². The van der Waals surface area contributed by atoms with Gasteiger partial charge in [0.05, 0.1) is 22.4 Å². The van der Waals surface area contributed by atoms with Gasteiger partial charge < -0.3 is 0 Å². The van der Waals surface area contributed by atoms with Gasteiger partial charge in [0.25, 0.3) is 0 Å². The zero-order valence-corrected chi connectivity index (χ0v) is 18.4. The minimum atomic E-state index is 0.928. The average Bonchev–Trinajstić information content (AvgIpc) is 2.89. The van der Waals surface area contributed by atoms with E-state index >= 15 is 0 Å². The van der Waals surface area contributed by atoms with Crippen molar-refractivity contribution in [3.8, 4) is 33.5 Å². The number of benzene rings is 5. The van der Waals surface area contributed by atoms with Crippen LogP contribution < -0.4 is 0 Å². The van der Waals surface area contributed by atoms with E-state index in [9.17, 15) is 0 Å². The molecule has 33 heavy (non-hydrogen) atoms. The van der Waals surface area contributed by atoms with E-state index < -0.39 is 0 Å². The molecule has 2 nitrogen and oxygen atoms in total. The molecule has 0 aliphatic carbocycles. The summed E-state index contributed by atoms with van der Waals surface area (Å²) in [6, 6.07) is 40.2. The number of fused-ring (bicyclic) bond motifs is 3. The molecule has 0 bridgehead atoms. The number of rotatable bonds is 3. The van der Waals surface area contributed by atoms with Crippen LogP contribution in [0.5, 0.6) is 0 Å². The second-order valence-corrected chi connectivity index (χ2v) is 8.28. The van der Waals surface area contributed by atoms with E-state index in [1.807, 2.05) is 25.1 Å². The predicted octanol–water partition coefficient (Wildman–Crippen LogP) is 8.09. The molecule has 0 N–H and O–H groups in total. The van der Waals surface area contributed by atoms with Crippen LogP contribution >= 0.6 is 0 Å². The highest BCUT2D eigenvalue weighted by Crippen LogP contribution is 2.39. The number of hydrogen-bond donors (Lipinski definition) is 0. The third-order valence-electron chi connectivity index (χ3n) is 6.19. The van der Waals surface area contributed by atoms with Crippen molar-refractivity contribution < 1.29 is 0 Å². The smallest absolute Gasteiger partial charge is 0.0979 e. The average molecular weight is 423 g/mol. The Balaban J connectivity index is 1.72. The number of nitrogens with zero attached hydrogens (tertiary/aromatic N) is 2. The lowest BCUT2D eigenvalue weighted by Crippen LogP contribution is -1.98. The van der Waals surface area contributed by atoms with Gasteiger partial charge >= 0.3 is 0 Å². The molecule has 6 rings (SSSR count). The molecule has 0 unspecified atom stereocenters. The van der Waals surface area contributed by atoms with Gasteiger partial charge in [-0.15, -0.1) is 0 Å². The Hall–Kier alpha value is -4.30. The van der Waals surface area contributed by atoms with E-state index in [0.717, 1.165) is 44.5 Å². The van der Waals surface area contributed by atoms with E-state index in [0.29, 0.717) is 0 Å². The third kappa shape index (κ3) is 3.37. The van der Waals surface area contributed by atoms with Crippen molar-refractivity contribution >= 4 is 21.8 Å². The molecular weight excluding hydrogens is 400 g/mol. The molecule has 156 valence electrons. The summed E-state index contributed by atoms with van der Waals surface area (Å²) in [6.45, 7) is 2.05. The van der Waals surface area contributed by atoms with Gasteiger partial charge in [0.2, 0.25) is 0 Å². The molecule has 0 radical (unpaired) electrons.